The third-order valence-corrected chi connectivity index (χ3v) is 6.32. The lowest BCUT2D eigenvalue weighted by Gasteiger charge is -2.44. The lowest BCUT2D eigenvalue weighted by Crippen LogP contribution is -2.61. The summed E-state index contributed by atoms with van der Waals surface area (Å²) in [5.74, 6) is -4.28. The molecule has 0 radical (unpaired) electrons. The molecule has 3 aliphatic rings. The topological polar surface area (TPSA) is 216 Å². The number of hydrogen-bond donors (Lipinski definition) is 8. The van der Waals surface area contributed by atoms with Gasteiger partial charge in [-0.25, -0.2) is 4.79 Å². The van der Waals surface area contributed by atoms with Gasteiger partial charge in [0.1, 0.15) is 42.7 Å². The molecule has 0 amide bonds. The molecular weight excluding hydrogens is 472 g/mol. The van der Waals surface area contributed by atoms with E-state index >= 15 is 0 Å². The number of aromatic hydroxyl groups is 3. The van der Waals surface area contributed by atoms with Crippen LogP contribution in [-0.2, 0) is 18.9 Å². The second-order valence-corrected chi connectivity index (χ2v) is 8.64. The van der Waals surface area contributed by atoms with Gasteiger partial charge in [0.15, 0.2) is 23.5 Å². The van der Waals surface area contributed by atoms with Gasteiger partial charge in [-0.05, 0) is 25.1 Å². The van der Waals surface area contributed by atoms with Crippen LogP contribution in [0.25, 0.3) is 0 Å². The number of phenols is 3. The third-order valence-electron chi connectivity index (χ3n) is 6.32. The van der Waals surface area contributed by atoms with Crippen LogP contribution in [0, 0.1) is 5.92 Å². The van der Waals surface area contributed by atoms with E-state index in [1.807, 2.05) is 0 Å². The highest BCUT2D eigenvalue weighted by Gasteiger charge is 2.55. The van der Waals surface area contributed by atoms with Crippen molar-refractivity contribution < 1.29 is 64.6 Å². The predicted molar refractivity (Wildman–Crippen MR) is 112 cm³/mol. The summed E-state index contributed by atoms with van der Waals surface area (Å²) in [6.07, 6.45) is -6.84. The van der Waals surface area contributed by atoms with Crippen molar-refractivity contribution in [3.8, 4) is 17.2 Å². The molecule has 0 saturated carbocycles. The molecule has 1 fully saturated rings. The van der Waals surface area contributed by atoms with Crippen molar-refractivity contribution in [2.24, 2.45) is 5.92 Å². The number of hydrogen-bond acceptors (Lipinski definition) is 13. The third kappa shape index (κ3) is 4.43. The Morgan fingerprint density at radius 2 is 1.69 bits per heavy atom. The monoisotopic (exact) mass is 498 g/mol. The van der Waals surface area contributed by atoms with Crippen LogP contribution in [0.15, 0.2) is 36.1 Å². The molecule has 35 heavy (non-hydrogen) atoms. The molecule has 1 aromatic carbocycles. The molecule has 2 heterocycles. The second kappa shape index (κ2) is 9.28. The highest BCUT2D eigenvalue weighted by Crippen LogP contribution is 2.43. The summed E-state index contributed by atoms with van der Waals surface area (Å²) in [6.45, 7) is 1.01. The number of benzene rings is 1. The average molecular weight is 498 g/mol. The van der Waals surface area contributed by atoms with Gasteiger partial charge in [0, 0.05) is 0 Å². The van der Waals surface area contributed by atoms with E-state index in [9.17, 15) is 45.6 Å². The summed E-state index contributed by atoms with van der Waals surface area (Å²) in [5, 5.41) is 80.4. The molecule has 0 spiro atoms. The van der Waals surface area contributed by atoms with E-state index in [2.05, 4.69) is 0 Å². The van der Waals surface area contributed by atoms with Gasteiger partial charge < -0.3 is 59.8 Å². The number of esters is 1. The molecule has 8 N–H and O–H groups in total. The summed E-state index contributed by atoms with van der Waals surface area (Å²) in [7, 11) is 0. The van der Waals surface area contributed by atoms with E-state index in [-0.39, 0.29) is 5.56 Å². The molecule has 0 aromatic heterocycles. The molecule has 1 saturated heterocycles. The molecule has 4 rings (SSSR count). The molecule has 1 aliphatic carbocycles. The van der Waals surface area contributed by atoms with E-state index < -0.39 is 84.4 Å². The first-order chi connectivity index (χ1) is 16.4. The molecule has 13 heteroatoms. The van der Waals surface area contributed by atoms with E-state index in [0.717, 1.165) is 18.4 Å². The molecular formula is C22H26O13. The normalized spacial score (nSPS) is 38.4. The van der Waals surface area contributed by atoms with Gasteiger partial charge in [-0.3, -0.25) is 0 Å². The quantitative estimate of drug-likeness (QED) is 0.129. The van der Waals surface area contributed by atoms with Gasteiger partial charge in [0.25, 0.3) is 0 Å². The van der Waals surface area contributed by atoms with E-state index in [0.29, 0.717) is 5.57 Å². The lowest BCUT2D eigenvalue weighted by molar-refractivity contribution is -0.343. The largest absolute Gasteiger partial charge is 0.504 e. The molecule has 13 nitrogen and oxygen atoms in total. The Labute approximate surface area is 198 Å². The maximum atomic E-state index is 12.3. The number of phenolic OH excluding ortho intramolecular Hbond substituents is 3. The van der Waals surface area contributed by atoms with Crippen LogP contribution in [0.2, 0.25) is 0 Å². The van der Waals surface area contributed by atoms with Crippen molar-refractivity contribution in [3.63, 3.8) is 0 Å². The fourth-order valence-corrected chi connectivity index (χ4v) is 4.35. The number of fused-ring (bicyclic) bond motifs is 1. The van der Waals surface area contributed by atoms with Crippen molar-refractivity contribution in [2.75, 3.05) is 6.61 Å². The number of carbonyl (C=O) groups is 1. The fourth-order valence-electron chi connectivity index (χ4n) is 4.35. The maximum Gasteiger partial charge on any atom is 0.338 e. The number of aliphatic hydroxyl groups excluding tert-OH is 4. The minimum Gasteiger partial charge on any atom is -0.504 e. The number of carbonyl (C=O) groups excluding carboxylic acids is 1. The minimum absolute atomic E-state index is 0.319. The molecule has 2 aliphatic heterocycles. The summed E-state index contributed by atoms with van der Waals surface area (Å²) in [5.41, 5.74) is -1.49. The van der Waals surface area contributed by atoms with Crippen LogP contribution in [0.4, 0.5) is 0 Å². The van der Waals surface area contributed by atoms with Gasteiger partial charge in [0.05, 0.1) is 17.7 Å². The lowest BCUT2D eigenvalue weighted by atomic mass is 9.84. The Kier molecular flexibility index (Phi) is 6.68. The zero-order valence-electron chi connectivity index (χ0n) is 18.3. The standard InChI is InChI=1S/C22H26O13/c1-8-4-13(25)22(31)2-3-32-20(14(8)22)35-21-18(29)17(28)16(27)12(34-21)7-33-19(30)9-5-10(23)15(26)11(24)6-9/h2-6,12-14,16-18,20-21,23-29,31H,7H2,1H3. The molecule has 9 atom stereocenters. The zero-order valence-corrected chi connectivity index (χ0v) is 18.3. The van der Waals surface area contributed by atoms with Crippen LogP contribution in [0.3, 0.4) is 0 Å². The highest BCUT2D eigenvalue weighted by molar-refractivity contribution is 5.91. The highest BCUT2D eigenvalue weighted by atomic mass is 16.8. The SMILES string of the molecule is CC1=CC(O)C2(O)C=COC(OC3OC(COC(=O)c4cc(O)c(O)c(O)c4)C(O)C(O)C3O)C12. The number of rotatable bonds is 5. The first kappa shape index (κ1) is 25.2. The summed E-state index contributed by atoms with van der Waals surface area (Å²) >= 11 is 0. The van der Waals surface area contributed by atoms with Crippen molar-refractivity contribution in [2.45, 2.75) is 55.6 Å². The Morgan fingerprint density at radius 1 is 1.03 bits per heavy atom. The molecule has 1 aromatic rings. The van der Waals surface area contributed by atoms with Gasteiger partial charge >= 0.3 is 5.97 Å². The van der Waals surface area contributed by atoms with Gasteiger partial charge in [0.2, 0.25) is 6.29 Å². The van der Waals surface area contributed by atoms with Crippen molar-refractivity contribution >= 4 is 5.97 Å². The van der Waals surface area contributed by atoms with Crippen LogP contribution < -0.4 is 0 Å². The van der Waals surface area contributed by atoms with E-state index in [1.165, 1.54) is 12.2 Å². The predicted octanol–water partition coefficient (Wildman–Crippen LogP) is -1.68. The average Bonchev–Trinajstić information content (AvgIpc) is 3.04. The van der Waals surface area contributed by atoms with Crippen molar-refractivity contribution in [3.05, 3.63) is 41.7 Å². The Morgan fingerprint density at radius 3 is 2.34 bits per heavy atom. The maximum absolute atomic E-state index is 12.3. The minimum atomic E-state index is -1.77. The number of aliphatic hydroxyl groups is 5. The first-order valence-corrected chi connectivity index (χ1v) is 10.6. The Hall–Kier alpha value is -2.91. The molecule has 0 bridgehead atoms. The summed E-state index contributed by atoms with van der Waals surface area (Å²) in [4.78, 5) is 12.3. The number of ether oxygens (including phenoxy) is 4. The van der Waals surface area contributed by atoms with E-state index in [1.54, 1.807) is 6.92 Å². The Balaban J connectivity index is 1.45. The molecule has 9 unspecified atom stereocenters. The van der Waals surface area contributed by atoms with Crippen LogP contribution in [-0.4, -0.2) is 102 Å². The summed E-state index contributed by atoms with van der Waals surface area (Å²) in [6, 6.07) is 1.70. The second-order valence-electron chi connectivity index (χ2n) is 8.64. The fraction of sp³-hybridized carbons (Fsp3) is 0.500. The van der Waals surface area contributed by atoms with Gasteiger partial charge in [-0.2, -0.15) is 0 Å². The molecule has 192 valence electrons. The van der Waals surface area contributed by atoms with Crippen molar-refractivity contribution in [1.29, 1.82) is 0 Å². The van der Waals surface area contributed by atoms with Crippen LogP contribution in [0.1, 0.15) is 17.3 Å². The van der Waals surface area contributed by atoms with Gasteiger partial charge in [-0.1, -0.05) is 11.6 Å². The smallest absolute Gasteiger partial charge is 0.338 e. The zero-order chi connectivity index (χ0) is 25.7. The van der Waals surface area contributed by atoms with E-state index in [4.69, 9.17) is 18.9 Å². The Bertz CT molecular complexity index is 1020. The first-order valence-electron chi connectivity index (χ1n) is 10.6. The van der Waals surface area contributed by atoms with Crippen LogP contribution >= 0.6 is 0 Å². The van der Waals surface area contributed by atoms with Crippen molar-refractivity contribution in [1.82, 2.24) is 0 Å². The van der Waals surface area contributed by atoms with Gasteiger partial charge in [-0.15, -0.1) is 0 Å². The van der Waals surface area contributed by atoms with Crippen LogP contribution in [0.5, 0.6) is 17.2 Å². The summed E-state index contributed by atoms with van der Waals surface area (Å²) < 4.78 is 21.6.